The zero-order valence-electron chi connectivity index (χ0n) is 36.1. The summed E-state index contributed by atoms with van der Waals surface area (Å²) < 4.78 is 154. The second-order valence-electron chi connectivity index (χ2n) is 17.2. The average Bonchev–Trinajstić information content (AvgIpc) is 3.81. The van der Waals surface area contributed by atoms with Crippen molar-refractivity contribution in [3.05, 3.63) is 178 Å². The molecule has 1 aliphatic rings. The molecule has 0 bridgehead atoms. The number of rotatable bonds is 12. The van der Waals surface area contributed by atoms with Gasteiger partial charge in [0, 0.05) is 33.5 Å². The van der Waals surface area contributed by atoms with Crippen LogP contribution in [-0.2, 0) is 14.7 Å². The smallest absolute Gasteiger partial charge is 0.385 e. The fourth-order valence-electron chi connectivity index (χ4n) is 7.38. The van der Waals surface area contributed by atoms with E-state index in [0.717, 1.165) is 26.7 Å². The molecule has 0 fully saturated rings. The summed E-state index contributed by atoms with van der Waals surface area (Å²) in [7, 11) is -2.76. The molecule has 0 saturated carbocycles. The average molecular weight is 905 g/mol. The quantitative estimate of drug-likeness (QED) is 0.0906. The Kier molecular flexibility index (Phi) is 12.6. The molecule has 0 spiro atoms. The largest absolute Gasteiger partial charge is 0.598 e. The van der Waals surface area contributed by atoms with Gasteiger partial charge in [-0.3, -0.25) is 0 Å². The molecular weight excluding hydrogens is 861 g/mol. The highest BCUT2D eigenvalue weighted by Crippen LogP contribution is 2.47. The van der Waals surface area contributed by atoms with E-state index in [9.17, 15) is 43.9 Å². The van der Waals surface area contributed by atoms with Crippen LogP contribution >= 0.6 is 0 Å². The van der Waals surface area contributed by atoms with Crippen molar-refractivity contribution < 1.29 is 53.2 Å². The number of aromatic nitrogens is 1. The van der Waals surface area contributed by atoms with Gasteiger partial charge in [-0.15, -0.1) is 0 Å². The summed E-state index contributed by atoms with van der Waals surface area (Å²) in [4.78, 5) is 5.22. The molecule has 2 heterocycles. The summed E-state index contributed by atoms with van der Waals surface area (Å²) in [5.41, 5.74) is 7.34. The maximum absolute atomic E-state index is 14.9. The van der Waals surface area contributed by atoms with Crippen LogP contribution in [0.4, 0.5) is 43.9 Å². The van der Waals surface area contributed by atoms with Crippen molar-refractivity contribution in [3.8, 4) is 22.4 Å². The van der Waals surface area contributed by atoms with Gasteiger partial charge in [0.2, 0.25) is 0 Å². The van der Waals surface area contributed by atoms with E-state index in [2.05, 4.69) is 0 Å². The first-order valence-electron chi connectivity index (χ1n) is 20.5. The predicted octanol–water partition coefficient (Wildman–Crippen LogP) is 14.1. The SMILES string of the molecule is Cc1ccc(C2=N/C(=C(/c3ccc(C(C)(C)C)cc3)c3c(-c4ccc(C)cc4)cc(-c4ccc(C)cc4)n3B(OCC(F)(F)C(F)(F)F)OCC(F)(F)C(F)(F)F)c3ccccc32)cc1. The number of fused-ring (bicyclic) bond motifs is 1. The lowest BCUT2D eigenvalue weighted by Crippen LogP contribution is -2.48. The van der Waals surface area contributed by atoms with Crippen LogP contribution in [0.25, 0.3) is 33.7 Å². The van der Waals surface area contributed by atoms with E-state index in [-0.39, 0.29) is 39.2 Å². The number of aliphatic imine (C=N–C) groups is 1. The Balaban J connectivity index is 1.66. The second kappa shape index (κ2) is 17.5. The van der Waals surface area contributed by atoms with Crippen molar-refractivity contribution >= 4 is 24.2 Å². The van der Waals surface area contributed by atoms with Gasteiger partial charge in [-0.1, -0.05) is 159 Å². The highest BCUT2D eigenvalue weighted by molar-refractivity contribution is 6.44. The van der Waals surface area contributed by atoms with Crippen LogP contribution in [0.2, 0.25) is 0 Å². The number of nitrogens with zero attached hydrogens (tertiary/aromatic N) is 2. The minimum atomic E-state index is -6.20. The van der Waals surface area contributed by atoms with Gasteiger partial charge in [-0.05, 0) is 54.5 Å². The first-order valence-corrected chi connectivity index (χ1v) is 20.5. The van der Waals surface area contributed by atoms with E-state index in [1.165, 1.54) is 0 Å². The van der Waals surface area contributed by atoms with Gasteiger partial charge in [0.1, 0.15) is 13.2 Å². The molecule has 4 nitrogen and oxygen atoms in total. The monoisotopic (exact) mass is 904 g/mol. The third-order valence-electron chi connectivity index (χ3n) is 11.1. The maximum atomic E-state index is 14.9. The van der Waals surface area contributed by atoms with Gasteiger partial charge >= 0.3 is 31.5 Å². The van der Waals surface area contributed by atoms with Crippen LogP contribution in [0.15, 0.2) is 132 Å². The molecule has 0 aliphatic carbocycles. The van der Waals surface area contributed by atoms with E-state index in [4.69, 9.17) is 14.3 Å². The number of hydrogen-bond acceptors (Lipinski definition) is 3. The lowest BCUT2D eigenvalue weighted by atomic mass is 9.85. The molecule has 1 aliphatic heterocycles. The van der Waals surface area contributed by atoms with E-state index < -0.39 is 44.7 Å². The summed E-state index contributed by atoms with van der Waals surface area (Å²) in [5.74, 6) is -11.2. The summed E-state index contributed by atoms with van der Waals surface area (Å²) >= 11 is 0. The van der Waals surface area contributed by atoms with E-state index in [0.29, 0.717) is 33.5 Å². The van der Waals surface area contributed by atoms with Crippen LogP contribution in [0.5, 0.6) is 0 Å². The molecular formula is C50H43BF10N2O2. The van der Waals surface area contributed by atoms with Crippen molar-refractivity contribution in [1.82, 2.24) is 4.48 Å². The molecule has 0 atom stereocenters. The van der Waals surface area contributed by atoms with Crippen LogP contribution in [0, 0.1) is 20.8 Å². The fourth-order valence-corrected chi connectivity index (χ4v) is 7.38. The van der Waals surface area contributed by atoms with Crippen molar-refractivity contribution in [2.24, 2.45) is 4.99 Å². The summed E-state index contributed by atoms with van der Waals surface area (Å²) in [5, 5.41) is 0. The fraction of sp³-hybridized carbons (Fsp3) is 0.260. The van der Waals surface area contributed by atoms with Crippen molar-refractivity contribution in [2.75, 3.05) is 13.2 Å². The van der Waals surface area contributed by atoms with Gasteiger partial charge in [0.05, 0.1) is 17.1 Å². The van der Waals surface area contributed by atoms with Gasteiger partial charge in [0.25, 0.3) is 0 Å². The van der Waals surface area contributed by atoms with Gasteiger partial charge < -0.3 is 13.8 Å². The molecule has 0 unspecified atom stereocenters. The molecule has 65 heavy (non-hydrogen) atoms. The Labute approximate surface area is 370 Å². The first kappa shape index (κ1) is 47.0. The number of alkyl halides is 10. The second-order valence-corrected chi connectivity index (χ2v) is 17.2. The van der Waals surface area contributed by atoms with Crippen LogP contribution in [-0.4, -0.2) is 54.9 Å². The lowest BCUT2D eigenvalue weighted by Gasteiger charge is -2.28. The normalized spacial score (nSPS) is 14.4. The highest BCUT2D eigenvalue weighted by atomic mass is 19.4. The topological polar surface area (TPSA) is 35.8 Å². The molecule has 15 heteroatoms. The third kappa shape index (κ3) is 9.72. The summed E-state index contributed by atoms with van der Waals surface area (Å²) in [6.07, 6.45) is -12.4. The Morgan fingerprint density at radius 3 is 1.45 bits per heavy atom. The van der Waals surface area contributed by atoms with Crippen LogP contribution in [0.1, 0.15) is 71.0 Å². The van der Waals surface area contributed by atoms with Crippen LogP contribution < -0.4 is 0 Å². The molecule has 7 rings (SSSR count). The zero-order chi connectivity index (χ0) is 47.3. The molecule has 0 saturated heterocycles. The van der Waals surface area contributed by atoms with E-state index in [1.807, 2.05) is 77.1 Å². The van der Waals surface area contributed by atoms with Crippen LogP contribution in [0.3, 0.4) is 0 Å². The number of hydrogen-bond donors (Lipinski definition) is 0. The lowest BCUT2D eigenvalue weighted by molar-refractivity contribution is -0.295. The summed E-state index contributed by atoms with van der Waals surface area (Å²) in [6, 6.07) is 37.0. The zero-order valence-corrected chi connectivity index (χ0v) is 36.1. The third-order valence-corrected chi connectivity index (χ3v) is 11.1. The molecule has 338 valence electrons. The number of benzene rings is 5. The Hall–Kier alpha value is -5.93. The molecule has 0 N–H and O–H groups in total. The predicted molar refractivity (Wildman–Crippen MR) is 234 cm³/mol. The molecule has 1 aromatic heterocycles. The van der Waals surface area contributed by atoms with Gasteiger partial charge in [-0.2, -0.15) is 43.9 Å². The maximum Gasteiger partial charge on any atom is 0.598 e. The minimum Gasteiger partial charge on any atom is -0.385 e. The molecule has 5 aromatic carbocycles. The Morgan fingerprint density at radius 1 is 0.538 bits per heavy atom. The highest BCUT2D eigenvalue weighted by Gasteiger charge is 2.60. The van der Waals surface area contributed by atoms with Crippen molar-refractivity contribution in [3.63, 3.8) is 0 Å². The van der Waals surface area contributed by atoms with Gasteiger partial charge in [0.15, 0.2) is 0 Å². The van der Waals surface area contributed by atoms with Gasteiger partial charge in [-0.25, -0.2) is 4.99 Å². The van der Waals surface area contributed by atoms with Crippen molar-refractivity contribution in [1.29, 1.82) is 0 Å². The van der Waals surface area contributed by atoms with E-state index in [1.54, 1.807) is 91.9 Å². The summed E-state index contributed by atoms with van der Waals surface area (Å²) in [6.45, 7) is 6.48. The van der Waals surface area contributed by atoms with E-state index >= 15 is 0 Å². The Bertz CT molecular complexity index is 2700. The number of aryl methyl sites for hydroxylation is 3. The van der Waals surface area contributed by atoms with Crippen molar-refractivity contribution in [2.45, 2.75) is 71.2 Å². The molecule has 0 radical (unpaired) electrons. The molecule has 6 aromatic rings. The standard InChI is InChI=1S/C50H43BF10N2O2/c1-30-11-17-33(18-12-30)40-27-41(34-19-13-31(2)14-20-34)63(51(64-28-47(52,53)49(56,57)58)65-29-48(54,55)50(59,60)61)45(40)42(35-23-25-37(26-24-35)46(4,5)6)44-39-10-8-7-9-38(39)43(62-44)36-21-15-32(3)16-22-36/h7-27H,28-29H2,1-6H3/b44-42-. The molecule has 0 amide bonds. The minimum absolute atomic E-state index is 0.0374. The Morgan fingerprint density at radius 2 is 0.985 bits per heavy atom. The number of halogens is 10. The first-order chi connectivity index (χ1) is 30.4.